The molecule has 0 N–H and O–H groups in total. The van der Waals surface area contributed by atoms with Crippen LogP contribution in [-0.2, 0) is 30.4 Å². The Hall–Kier alpha value is -4.02. The summed E-state index contributed by atoms with van der Waals surface area (Å²) in [6, 6.07) is 10.7. The van der Waals surface area contributed by atoms with Gasteiger partial charge in [-0.25, -0.2) is 4.79 Å². The summed E-state index contributed by atoms with van der Waals surface area (Å²) in [5, 5.41) is 0. The van der Waals surface area contributed by atoms with Crippen LogP contribution >= 0.6 is 0 Å². The van der Waals surface area contributed by atoms with Crippen molar-refractivity contribution in [3.8, 4) is 23.0 Å². The summed E-state index contributed by atoms with van der Waals surface area (Å²) in [4.78, 5) is 30.6. The molecule has 4 rings (SSSR count). The van der Waals surface area contributed by atoms with Gasteiger partial charge in [0.15, 0.2) is 11.5 Å². The van der Waals surface area contributed by atoms with E-state index in [-0.39, 0.29) is 24.5 Å². The molecule has 280 valence electrons. The highest BCUT2D eigenvalue weighted by atomic mass is 16.6. The second-order valence-corrected chi connectivity index (χ2v) is 13.4. The maximum absolute atomic E-state index is 14.9. The van der Waals surface area contributed by atoms with Crippen LogP contribution in [0.2, 0.25) is 0 Å². The quantitative estimate of drug-likeness (QED) is 0.0790. The van der Waals surface area contributed by atoms with E-state index in [0.717, 1.165) is 61.8 Å². The first kappa shape index (κ1) is 39.8. The number of hydrogen-bond donors (Lipinski definition) is 0. The van der Waals surface area contributed by atoms with Gasteiger partial charge in [0.05, 0.1) is 53.7 Å². The van der Waals surface area contributed by atoms with Crippen LogP contribution in [0.3, 0.4) is 0 Å². The van der Waals surface area contributed by atoms with Gasteiger partial charge in [0.2, 0.25) is 11.7 Å². The number of hydrogen-bond acceptors (Lipinski definition) is 9. The van der Waals surface area contributed by atoms with Gasteiger partial charge in [0.25, 0.3) is 0 Å². The minimum Gasteiger partial charge on any atom is -0.497 e. The molecule has 2 aromatic carbocycles. The lowest BCUT2D eigenvalue weighted by atomic mass is 9.75. The number of methoxy groups -OCH3 is 3. The molecule has 0 spiro atoms. The fourth-order valence-electron chi connectivity index (χ4n) is 7.10. The number of ether oxygens (including phenoxy) is 7. The number of nitrogens with zero attached hydrogens (tertiary/aromatic N) is 1. The highest BCUT2D eigenvalue weighted by molar-refractivity contribution is 5.89. The Kier molecular flexibility index (Phi) is 16.2. The van der Waals surface area contributed by atoms with Crippen molar-refractivity contribution in [3.63, 3.8) is 0 Å². The summed E-state index contributed by atoms with van der Waals surface area (Å²) in [5.74, 6) is 1.31. The molecule has 1 saturated heterocycles. The van der Waals surface area contributed by atoms with Crippen molar-refractivity contribution in [2.45, 2.75) is 95.5 Å². The van der Waals surface area contributed by atoms with Crippen LogP contribution in [0.4, 0.5) is 0 Å². The molecular weight excluding hydrogens is 650 g/mol. The second-order valence-electron chi connectivity index (χ2n) is 13.4. The third kappa shape index (κ3) is 11.2. The van der Waals surface area contributed by atoms with E-state index in [1.165, 1.54) is 0 Å². The molecule has 10 heteroatoms. The summed E-state index contributed by atoms with van der Waals surface area (Å²) >= 11 is 0. The molecule has 1 aliphatic carbocycles. The molecule has 1 aliphatic heterocycles. The van der Waals surface area contributed by atoms with Crippen molar-refractivity contribution >= 4 is 11.9 Å². The zero-order chi connectivity index (χ0) is 36.6. The largest absolute Gasteiger partial charge is 0.497 e. The van der Waals surface area contributed by atoms with Crippen molar-refractivity contribution in [2.24, 2.45) is 5.92 Å². The van der Waals surface area contributed by atoms with E-state index < -0.39 is 24.0 Å². The number of rotatable bonds is 20. The number of amides is 1. The van der Waals surface area contributed by atoms with Crippen LogP contribution < -0.4 is 18.9 Å². The Balaban J connectivity index is 1.56. The third-order valence-corrected chi connectivity index (χ3v) is 9.63. The zero-order valence-corrected chi connectivity index (χ0v) is 30.9. The number of likely N-dealkylation sites (tertiary alicyclic amines) is 1. The lowest BCUT2D eigenvalue weighted by molar-refractivity contribution is -0.164. The van der Waals surface area contributed by atoms with E-state index in [2.05, 4.69) is 13.2 Å². The maximum Gasteiger partial charge on any atom is 0.329 e. The summed E-state index contributed by atoms with van der Waals surface area (Å²) in [6.45, 7) is 11.3. The Morgan fingerprint density at radius 1 is 0.863 bits per heavy atom. The SMILES string of the molecule is C=CCOC[C@@H](C)Oc1cc([C@@H](C(=O)N2CCCC[C@H]2C(=O)O[C@@H](CC=C)COCc2ccc(OC)cc2)C2CCCCC2)cc(OC)c1OC. The average molecular weight is 708 g/mol. The molecule has 0 unspecified atom stereocenters. The fraction of sp³-hybridized carbons (Fsp3) is 0.561. The Labute approximate surface area is 304 Å². The van der Waals surface area contributed by atoms with Crippen molar-refractivity contribution in [1.82, 2.24) is 4.90 Å². The molecule has 1 amide bonds. The Morgan fingerprint density at radius 2 is 1.59 bits per heavy atom. The van der Waals surface area contributed by atoms with Crippen molar-refractivity contribution in [1.29, 1.82) is 0 Å². The van der Waals surface area contributed by atoms with E-state index in [4.69, 9.17) is 33.2 Å². The van der Waals surface area contributed by atoms with Gasteiger partial charge in [-0.3, -0.25) is 4.79 Å². The van der Waals surface area contributed by atoms with Crippen LogP contribution in [0.1, 0.15) is 81.8 Å². The molecule has 51 heavy (non-hydrogen) atoms. The number of piperidine rings is 1. The first-order valence-corrected chi connectivity index (χ1v) is 18.3. The van der Waals surface area contributed by atoms with Gasteiger partial charge in [0, 0.05) is 13.0 Å². The second kappa shape index (κ2) is 20.7. The molecule has 0 bridgehead atoms. The van der Waals surface area contributed by atoms with Gasteiger partial charge in [-0.1, -0.05) is 43.5 Å². The molecule has 2 aromatic rings. The van der Waals surface area contributed by atoms with E-state index in [0.29, 0.717) is 56.5 Å². The molecule has 4 atom stereocenters. The van der Waals surface area contributed by atoms with Crippen molar-refractivity contribution in [2.75, 3.05) is 47.7 Å². The molecule has 10 nitrogen and oxygen atoms in total. The predicted octanol–water partition coefficient (Wildman–Crippen LogP) is 7.43. The zero-order valence-electron chi connectivity index (χ0n) is 30.9. The molecule has 2 fully saturated rings. The summed E-state index contributed by atoms with van der Waals surface area (Å²) in [6.07, 6.45) is 10.3. The first-order chi connectivity index (χ1) is 24.8. The predicted molar refractivity (Wildman–Crippen MR) is 197 cm³/mol. The highest BCUT2D eigenvalue weighted by Gasteiger charge is 2.41. The van der Waals surface area contributed by atoms with Gasteiger partial charge in [-0.05, 0) is 80.3 Å². The summed E-state index contributed by atoms with van der Waals surface area (Å²) in [5.41, 5.74) is 1.77. The molecular formula is C41H57NO9. The smallest absolute Gasteiger partial charge is 0.329 e. The fourth-order valence-corrected chi connectivity index (χ4v) is 7.10. The van der Waals surface area contributed by atoms with Gasteiger partial charge < -0.3 is 38.1 Å². The highest BCUT2D eigenvalue weighted by Crippen LogP contribution is 2.45. The first-order valence-electron chi connectivity index (χ1n) is 18.3. The van der Waals surface area contributed by atoms with Crippen LogP contribution in [0.15, 0.2) is 61.7 Å². The lowest BCUT2D eigenvalue weighted by Gasteiger charge is -2.39. The van der Waals surface area contributed by atoms with Crippen LogP contribution in [0.5, 0.6) is 23.0 Å². The maximum atomic E-state index is 14.9. The molecule has 1 heterocycles. The van der Waals surface area contributed by atoms with Gasteiger partial charge >= 0.3 is 5.97 Å². The number of benzene rings is 2. The minimum atomic E-state index is -0.691. The third-order valence-electron chi connectivity index (χ3n) is 9.63. The Morgan fingerprint density at radius 3 is 2.25 bits per heavy atom. The normalized spacial score (nSPS) is 18.2. The van der Waals surface area contributed by atoms with E-state index in [1.807, 2.05) is 43.3 Å². The van der Waals surface area contributed by atoms with Gasteiger partial charge in [-0.15, -0.1) is 13.2 Å². The standard InChI is InChI=1S/C41H57NO9/c1-7-14-34(28-49-27-30-18-20-33(45-4)21-19-30)51-41(44)35-17-12-13-22-42(35)40(43)38(31-15-10-9-11-16-31)32-24-36(46-5)39(47-6)37(25-32)50-29(3)26-48-23-8-2/h7-8,18-21,24-25,29,31,34-35,38H,1-2,9-17,22-23,26-28H2,3-6H3/t29-,34+,35+,38+/m1/s1. The summed E-state index contributed by atoms with van der Waals surface area (Å²) in [7, 11) is 4.78. The van der Waals surface area contributed by atoms with Gasteiger partial charge in [-0.2, -0.15) is 0 Å². The van der Waals surface area contributed by atoms with E-state index >= 15 is 0 Å². The number of esters is 1. The summed E-state index contributed by atoms with van der Waals surface area (Å²) < 4.78 is 40.7. The lowest BCUT2D eigenvalue weighted by Crippen LogP contribution is -2.52. The van der Waals surface area contributed by atoms with Gasteiger partial charge in [0.1, 0.15) is 24.0 Å². The van der Waals surface area contributed by atoms with Crippen LogP contribution in [0, 0.1) is 5.92 Å². The topological polar surface area (TPSA) is 102 Å². The van der Waals surface area contributed by atoms with E-state index in [9.17, 15) is 9.59 Å². The molecule has 2 aliphatic rings. The van der Waals surface area contributed by atoms with Crippen molar-refractivity contribution < 1.29 is 42.7 Å². The monoisotopic (exact) mass is 707 g/mol. The number of carbonyl (C=O) groups excluding carboxylic acids is 2. The van der Waals surface area contributed by atoms with Crippen LogP contribution in [0.25, 0.3) is 0 Å². The number of carbonyl (C=O) groups is 2. The Bertz CT molecular complexity index is 1400. The molecule has 1 saturated carbocycles. The van der Waals surface area contributed by atoms with Crippen LogP contribution in [-0.4, -0.2) is 82.7 Å². The molecule has 0 aromatic heterocycles. The van der Waals surface area contributed by atoms with E-state index in [1.54, 1.807) is 38.4 Å². The molecule has 0 radical (unpaired) electrons. The average Bonchev–Trinajstić information content (AvgIpc) is 3.15. The van der Waals surface area contributed by atoms with Crippen molar-refractivity contribution in [3.05, 3.63) is 72.8 Å². The minimum absolute atomic E-state index is 0.0693.